The van der Waals surface area contributed by atoms with E-state index in [0.29, 0.717) is 11.7 Å². The van der Waals surface area contributed by atoms with Crippen molar-refractivity contribution >= 4 is 28.4 Å². The maximum atomic E-state index is 4.79. The molecule has 0 bridgehead atoms. The minimum atomic E-state index is -0.120. The van der Waals surface area contributed by atoms with Crippen LogP contribution in [-0.4, -0.2) is 65.9 Å². The zero-order valence-electron chi connectivity index (χ0n) is 16.3. The highest BCUT2D eigenvalue weighted by Crippen LogP contribution is 2.27. The number of aromatic nitrogens is 8. The van der Waals surface area contributed by atoms with E-state index in [1.807, 2.05) is 16.6 Å². The predicted molar refractivity (Wildman–Crippen MR) is 106 cm³/mol. The zero-order valence-corrected chi connectivity index (χ0v) is 16.3. The Morgan fingerprint density at radius 3 is 2.71 bits per heavy atom. The first-order valence-electron chi connectivity index (χ1n) is 9.26. The number of imidazole rings is 1. The van der Waals surface area contributed by atoms with Crippen molar-refractivity contribution in [1.82, 2.24) is 39.7 Å². The molecule has 1 aliphatic rings. The van der Waals surface area contributed by atoms with E-state index in [4.69, 9.17) is 5.10 Å². The molecule has 1 N–H and O–H groups in total. The van der Waals surface area contributed by atoms with Gasteiger partial charge in [0.2, 0.25) is 0 Å². The van der Waals surface area contributed by atoms with Crippen molar-refractivity contribution in [2.75, 3.05) is 29.9 Å². The van der Waals surface area contributed by atoms with Crippen LogP contribution in [0.2, 0.25) is 0 Å². The smallest absolute Gasteiger partial charge is 0.182 e. The highest BCUT2D eigenvalue weighted by Gasteiger charge is 2.33. The predicted octanol–water partition coefficient (Wildman–Crippen LogP) is 1.41. The monoisotopic (exact) mass is 378 g/mol. The fourth-order valence-electron chi connectivity index (χ4n) is 3.50. The van der Waals surface area contributed by atoms with Crippen LogP contribution >= 0.6 is 0 Å². The number of anilines is 2. The minimum Gasteiger partial charge on any atom is -0.351 e. The van der Waals surface area contributed by atoms with Crippen molar-refractivity contribution in [3.05, 3.63) is 30.6 Å². The lowest BCUT2D eigenvalue weighted by Crippen LogP contribution is -2.59. The van der Waals surface area contributed by atoms with Gasteiger partial charge in [-0.05, 0) is 12.1 Å². The van der Waals surface area contributed by atoms with Gasteiger partial charge in [-0.25, -0.2) is 15.0 Å². The summed E-state index contributed by atoms with van der Waals surface area (Å²) in [7, 11) is 2.05. The molecule has 4 aromatic heterocycles. The first-order chi connectivity index (χ1) is 13.4. The summed E-state index contributed by atoms with van der Waals surface area (Å²) in [6.45, 7) is 8.07. The molecule has 0 aromatic carbocycles. The van der Waals surface area contributed by atoms with Crippen molar-refractivity contribution in [2.45, 2.75) is 32.2 Å². The molecule has 5 rings (SSSR count). The zero-order chi connectivity index (χ0) is 19.5. The van der Waals surface area contributed by atoms with Gasteiger partial charge in [0.05, 0.1) is 12.4 Å². The third kappa shape index (κ3) is 2.55. The van der Waals surface area contributed by atoms with E-state index >= 15 is 0 Å². The summed E-state index contributed by atoms with van der Waals surface area (Å²) in [6, 6.07) is 4.31. The average Bonchev–Trinajstić information content (AvgIpc) is 3.25. The highest BCUT2D eigenvalue weighted by molar-refractivity contribution is 5.82. The minimum absolute atomic E-state index is 0.120. The number of H-pyrrole nitrogens is 1. The number of hydrogen-bond acceptors (Lipinski definition) is 8. The number of nitrogens with one attached hydrogen (secondary N) is 1. The number of nitrogens with zero attached hydrogens (tertiary/aromatic N) is 9. The summed E-state index contributed by atoms with van der Waals surface area (Å²) in [5.74, 6) is 2.65. The number of aromatic amines is 1. The molecule has 0 spiro atoms. The quantitative estimate of drug-likeness (QED) is 0.571. The second kappa shape index (κ2) is 5.85. The molecule has 1 aliphatic heterocycles. The van der Waals surface area contributed by atoms with Crippen molar-refractivity contribution in [1.29, 1.82) is 0 Å². The van der Waals surface area contributed by atoms with E-state index in [0.717, 1.165) is 41.7 Å². The molecule has 10 nitrogen and oxygen atoms in total. The van der Waals surface area contributed by atoms with Gasteiger partial charge in [-0.2, -0.15) is 4.52 Å². The first-order valence-corrected chi connectivity index (χ1v) is 9.26. The maximum Gasteiger partial charge on any atom is 0.182 e. The van der Waals surface area contributed by atoms with E-state index in [1.165, 1.54) is 0 Å². The number of hydrogen-bond donors (Lipinski definition) is 1. The Hall–Kier alpha value is -3.30. The van der Waals surface area contributed by atoms with E-state index < -0.39 is 0 Å². The van der Waals surface area contributed by atoms with Crippen LogP contribution in [0.5, 0.6) is 0 Å². The second-order valence-corrected chi connectivity index (χ2v) is 8.20. The SMILES string of the molecule is CN(c1ncnc2nc[nH]c12)C1CN(c2ccc3nnc(C(C)(C)C)n3n2)C1. The molecular formula is C18H22N10. The Balaban J connectivity index is 1.37. The van der Waals surface area contributed by atoms with Crippen molar-refractivity contribution < 1.29 is 0 Å². The van der Waals surface area contributed by atoms with Crippen LogP contribution in [-0.2, 0) is 5.41 Å². The molecular weight excluding hydrogens is 356 g/mol. The van der Waals surface area contributed by atoms with Gasteiger partial charge in [0.1, 0.15) is 17.7 Å². The normalized spacial score (nSPS) is 15.4. The topological polar surface area (TPSA) is 104 Å². The van der Waals surface area contributed by atoms with Crippen molar-refractivity contribution in [2.24, 2.45) is 0 Å². The van der Waals surface area contributed by atoms with Gasteiger partial charge in [-0.1, -0.05) is 20.8 Å². The largest absolute Gasteiger partial charge is 0.351 e. The van der Waals surface area contributed by atoms with Gasteiger partial charge in [0.25, 0.3) is 0 Å². The maximum absolute atomic E-state index is 4.79. The van der Waals surface area contributed by atoms with Crippen LogP contribution in [0.3, 0.4) is 0 Å². The molecule has 1 fully saturated rings. The Morgan fingerprint density at radius 1 is 1.11 bits per heavy atom. The van der Waals surface area contributed by atoms with Crippen LogP contribution in [0, 0.1) is 0 Å². The van der Waals surface area contributed by atoms with Crippen LogP contribution in [0.15, 0.2) is 24.8 Å². The molecule has 28 heavy (non-hydrogen) atoms. The molecule has 144 valence electrons. The molecule has 5 heterocycles. The molecule has 0 radical (unpaired) electrons. The summed E-state index contributed by atoms with van der Waals surface area (Å²) in [5.41, 5.74) is 2.20. The molecule has 4 aromatic rings. The fraction of sp³-hybridized carbons (Fsp3) is 0.444. The van der Waals surface area contributed by atoms with Crippen LogP contribution in [0.4, 0.5) is 11.6 Å². The molecule has 0 aliphatic carbocycles. The van der Waals surface area contributed by atoms with Crippen LogP contribution in [0.25, 0.3) is 16.8 Å². The fourth-order valence-corrected chi connectivity index (χ4v) is 3.50. The van der Waals surface area contributed by atoms with Crippen LogP contribution < -0.4 is 9.80 Å². The summed E-state index contributed by atoms with van der Waals surface area (Å²) < 4.78 is 1.85. The summed E-state index contributed by atoms with van der Waals surface area (Å²) in [6.07, 6.45) is 3.20. The standard InChI is InChI=1S/C18H22N10/c1-18(2,3)17-24-23-12-5-6-13(25-28(12)17)27-7-11(8-27)26(4)16-14-15(20-9-19-14)21-10-22-16/h5-6,9-11H,7-8H2,1-4H3,(H,19,20,21,22). The van der Waals surface area contributed by atoms with Gasteiger partial charge in [-0.15, -0.1) is 15.3 Å². The lowest BCUT2D eigenvalue weighted by atomic mass is 9.96. The molecule has 0 saturated carbocycles. The van der Waals surface area contributed by atoms with Gasteiger partial charge in [0.15, 0.2) is 22.9 Å². The van der Waals surface area contributed by atoms with Crippen LogP contribution in [0.1, 0.15) is 26.6 Å². The lowest BCUT2D eigenvalue weighted by Gasteiger charge is -2.44. The van der Waals surface area contributed by atoms with E-state index in [1.54, 1.807) is 12.7 Å². The number of rotatable bonds is 3. The molecule has 0 amide bonds. The van der Waals surface area contributed by atoms with E-state index in [2.05, 4.69) is 67.8 Å². The Morgan fingerprint density at radius 2 is 1.93 bits per heavy atom. The molecule has 0 unspecified atom stereocenters. The molecule has 10 heteroatoms. The van der Waals surface area contributed by atoms with Crippen molar-refractivity contribution in [3.63, 3.8) is 0 Å². The number of fused-ring (bicyclic) bond motifs is 2. The summed E-state index contributed by atoms with van der Waals surface area (Å²) in [4.78, 5) is 20.4. The van der Waals surface area contributed by atoms with E-state index in [9.17, 15) is 0 Å². The third-order valence-electron chi connectivity index (χ3n) is 5.19. The average molecular weight is 378 g/mol. The Kier molecular flexibility index (Phi) is 3.52. The van der Waals surface area contributed by atoms with Gasteiger partial charge < -0.3 is 14.8 Å². The van der Waals surface area contributed by atoms with E-state index in [-0.39, 0.29) is 5.41 Å². The highest BCUT2D eigenvalue weighted by atomic mass is 15.4. The molecule has 1 saturated heterocycles. The second-order valence-electron chi connectivity index (χ2n) is 8.20. The first kappa shape index (κ1) is 16.8. The Labute approximate surface area is 161 Å². The lowest BCUT2D eigenvalue weighted by molar-refractivity contribution is 0.483. The van der Waals surface area contributed by atoms with Gasteiger partial charge in [0, 0.05) is 25.6 Å². The number of likely N-dealkylation sites (N-methyl/N-ethyl adjacent to an activating group) is 1. The molecule has 0 atom stereocenters. The summed E-state index contributed by atoms with van der Waals surface area (Å²) in [5, 5.41) is 13.3. The van der Waals surface area contributed by atoms with Gasteiger partial charge >= 0.3 is 0 Å². The Bertz CT molecular complexity index is 1150. The third-order valence-corrected chi connectivity index (χ3v) is 5.19. The summed E-state index contributed by atoms with van der Waals surface area (Å²) >= 11 is 0. The van der Waals surface area contributed by atoms with Gasteiger partial charge in [-0.3, -0.25) is 0 Å². The van der Waals surface area contributed by atoms with Crippen molar-refractivity contribution in [3.8, 4) is 0 Å².